The van der Waals surface area contributed by atoms with Gasteiger partial charge in [0.1, 0.15) is 0 Å². The smallest absolute Gasteiger partial charge is 0.319 e. The predicted octanol–water partition coefficient (Wildman–Crippen LogP) is 3.99. The molecule has 1 heterocycles. The monoisotopic (exact) mass is 545 g/mol. The fourth-order valence-corrected chi connectivity index (χ4v) is 5.58. The summed E-state index contributed by atoms with van der Waals surface area (Å²) in [6.45, 7) is 3.20. The topological polar surface area (TPSA) is 131 Å². The number of hydrogen-bond acceptors (Lipinski definition) is 5. The SMILES string of the molecule is Cc1ccc(C(=O)N2CCC(c3ccc(C#N)cc3)CC2)cc1NC(=O)NCCNS(=O)(=O)c1ccccc1. The number of aryl methyl sites for hydroxylation is 1. The number of rotatable bonds is 8. The highest BCUT2D eigenvalue weighted by Crippen LogP contribution is 2.29. The van der Waals surface area contributed by atoms with Crippen LogP contribution in [-0.4, -0.2) is 51.4 Å². The molecule has 3 amide bonds. The van der Waals surface area contributed by atoms with E-state index in [1.54, 1.807) is 36.4 Å². The van der Waals surface area contributed by atoms with Gasteiger partial charge in [-0.05, 0) is 73.2 Å². The molecular formula is C29H31N5O4S. The summed E-state index contributed by atoms with van der Waals surface area (Å²) in [5.74, 6) is 0.255. The van der Waals surface area contributed by atoms with E-state index >= 15 is 0 Å². The molecule has 3 aromatic carbocycles. The molecule has 0 spiro atoms. The van der Waals surface area contributed by atoms with E-state index in [9.17, 15) is 18.0 Å². The number of carbonyl (C=O) groups excluding carboxylic acids is 2. The van der Waals surface area contributed by atoms with Gasteiger partial charge in [-0.15, -0.1) is 0 Å². The Kier molecular flexibility index (Phi) is 8.96. The van der Waals surface area contributed by atoms with E-state index in [1.807, 2.05) is 36.1 Å². The molecule has 1 fully saturated rings. The van der Waals surface area contributed by atoms with Crippen LogP contribution in [0.4, 0.5) is 10.5 Å². The summed E-state index contributed by atoms with van der Waals surface area (Å²) < 4.78 is 27.0. The lowest BCUT2D eigenvalue weighted by atomic mass is 9.89. The van der Waals surface area contributed by atoms with Gasteiger partial charge >= 0.3 is 6.03 Å². The summed E-state index contributed by atoms with van der Waals surface area (Å²) in [5.41, 5.74) is 3.61. The van der Waals surface area contributed by atoms with Gasteiger partial charge in [0.15, 0.2) is 0 Å². The van der Waals surface area contributed by atoms with Gasteiger partial charge in [-0.25, -0.2) is 17.9 Å². The molecule has 202 valence electrons. The highest BCUT2D eigenvalue weighted by Gasteiger charge is 2.25. The number of piperidine rings is 1. The summed E-state index contributed by atoms with van der Waals surface area (Å²) in [7, 11) is -3.65. The van der Waals surface area contributed by atoms with E-state index in [0.717, 1.165) is 18.4 Å². The first kappa shape index (κ1) is 27.8. The molecule has 9 nitrogen and oxygen atoms in total. The second-order valence-corrected chi connectivity index (χ2v) is 11.2. The quantitative estimate of drug-likeness (QED) is 0.369. The van der Waals surface area contributed by atoms with Gasteiger partial charge in [0.25, 0.3) is 5.91 Å². The molecule has 0 unspecified atom stereocenters. The second kappa shape index (κ2) is 12.6. The maximum atomic E-state index is 13.2. The van der Waals surface area contributed by atoms with Crippen LogP contribution in [0.3, 0.4) is 0 Å². The van der Waals surface area contributed by atoms with Gasteiger partial charge in [-0.3, -0.25) is 4.79 Å². The first-order valence-corrected chi connectivity index (χ1v) is 14.2. The number of sulfonamides is 1. The fraction of sp³-hybridized carbons (Fsp3) is 0.276. The first-order valence-electron chi connectivity index (χ1n) is 12.8. The first-order chi connectivity index (χ1) is 18.8. The molecule has 39 heavy (non-hydrogen) atoms. The molecule has 0 aliphatic carbocycles. The second-order valence-electron chi connectivity index (χ2n) is 9.42. The maximum Gasteiger partial charge on any atom is 0.319 e. The van der Waals surface area contributed by atoms with E-state index in [0.29, 0.717) is 35.8 Å². The molecule has 4 rings (SSSR count). The number of urea groups is 1. The Morgan fingerprint density at radius 3 is 2.33 bits per heavy atom. The number of hydrogen-bond donors (Lipinski definition) is 3. The van der Waals surface area contributed by atoms with Gasteiger partial charge in [0, 0.05) is 37.4 Å². The minimum atomic E-state index is -3.65. The van der Waals surface area contributed by atoms with Crippen LogP contribution in [0.1, 0.15) is 45.8 Å². The molecule has 0 atom stereocenters. The van der Waals surface area contributed by atoms with Crippen LogP contribution >= 0.6 is 0 Å². The minimum Gasteiger partial charge on any atom is -0.339 e. The van der Waals surface area contributed by atoms with Gasteiger partial charge in [-0.2, -0.15) is 5.26 Å². The zero-order valence-corrected chi connectivity index (χ0v) is 22.5. The molecule has 0 bridgehead atoms. The number of benzene rings is 3. The highest BCUT2D eigenvalue weighted by atomic mass is 32.2. The molecule has 0 saturated carbocycles. The number of likely N-dealkylation sites (tertiary alicyclic amines) is 1. The molecule has 1 aliphatic rings. The van der Waals surface area contributed by atoms with Crippen molar-refractivity contribution in [2.24, 2.45) is 0 Å². The van der Waals surface area contributed by atoms with E-state index in [2.05, 4.69) is 21.4 Å². The molecule has 1 saturated heterocycles. The molecule has 0 radical (unpaired) electrons. The number of anilines is 1. The van der Waals surface area contributed by atoms with Crippen molar-refractivity contribution in [3.05, 3.63) is 95.1 Å². The third-order valence-electron chi connectivity index (χ3n) is 6.78. The Hall–Kier alpha value is -4.20. The normalized spacial score (nSPS) is 13.9. The Morgan fingerprint density at radius 1 is 0.974 bits per heavy atom. The van der Waals surface area contributed by atoms with Crippen molar-refractivity contribution >= 4 is 27.6 Å². The highest BCUT2D eigenvalue weighted by molar-refractivity contribution is 7.89. The number of amides is 3. The predicted molar refractivity (Wildman–Crippen MR) is 149 cm³/mol. The van der Waals surface area contributed by atoms with Crippen molar-refractivity contribution in [1.82, 2.24) is 14.9 Å². The molecule has 3 N–H and O–H groups in total. The lowest BCUT2D eigenvalue weighted by molar-refractivity contribution is 0.0713. The van der Waals surface area contributed by atoms with Crippen LogP contribution in [0.15, 0.2) is 77.7 Å². The van der Waals surface area contributed by atoms with Gasteiger partial charge in [0.05, 0.1) is 16.5 Å². The number of carbonyl (C=O) groups is 2. The third kappa shape index (κ3) is 7.22. The van der Waals surface area contributed by atoms with E-state index in [-0.39, 0.29) is 23.9 Å². The van der Waals surface area contributed by atoms with Crippen LogP contribution in [0, 0.1) is 18.3 Å². The lowest BCUT2D eigenvalue weighted by Gasteiger charge is -2.32. The zero-order chi connectivity index (χ0) is 27.8. The van der Waals surface area contributed by atoms with Crippen molar-refractivity contribution in [1.29, 1.82) is 5.26 Å². The molecular weight excluding hydrogens is 514 g/mol. The molecule has 10 heteroatoms. The molecule has 0 aromatic heterocycles. The zero-order valence-electron chi connectivity index (χ0n) is 21.7. The van der Waals surface area contributed by atoms with E-state index in [1.165, 1.54) is 17.7 Å². The lowest BCUT2D eigenvalue weighted by Crippen LogP contribution is -2.38. The summed E-state index contributed by atoms with van der Waals surface area (Å²) in [5, 5.41) is 14.4. The Labute approximate surface area is 228 Å². The Balaban J connectivity index is 1.27. The maximum absolute atomic E-state index is 13.2. The standard InChI is InChI=1S/C29H31N5O4S/c1-21-7-10-25(28(35)34-17-13-24(14-18-34)23-11-8-22(20-30)9-12-23)19-27(21)33-29(36)31-15-16-32-39(37,38)26-5-3-2-4-6-26/h2-12,19,24,32H,13-18H2,1H3,(H2,31,33,36). The minimum absolute atomic E-state index is 0.0284. The summed E-state index contributed by atoms with van der Waals surface area (Å²) in [4.78, 5) is 27.6. The van der Waals surface area contributed by atoms with Gasteiger partial charge in [0.2, 0.25) is 10.0 Å². The van der Waals surface area contributed by atoms with Crippen molar-refractivity contribution in [2.45, 2.75) is 30.6 Å². The van der Waals surface area contributed by atoms with Crippen LogP contribution in [0.2, 0.25) is 0 Å². The summed E-state index contributed by atoms with van der Waals surface area (Å²) >= 11 is 0. The largest absolute Gasteiger partial charge is 0.339 e. The Morgan fingerprint density at radius 2 is 1.67 bits per heavy atom. The van der Waals surface area contributed by atoms with Crippen LogP contribution < -0.4 is 15.4 Å². The van der Waals surface area contributed by atoms with Gasteiger partial charge < -0.3 is 15.5 Å². The Bertz CT molecular complexity index is 1460. The third-order valence-corrected chi connectivity index (χ3v) is 8.26. The van der Waals surface area contributed by atoms with Gasteiger partial charge in [-0.1, -0.05) is 36.4 Å². The number of nitrogens with zero attached hydrogens (tertiary/aromatic N) is 2. The average molecular weight is 546 g/mol. The summed E-state index contributed by atoms with van der Waals surface area (Å²) in [6.07, 6.45) is 1.68. The van der Waals surface area contributed by atoms with Crippen LogP contribution in [0.25, 0.3) is 0 Å². The van der Waals surface area contributed by atoms with E-state index < -0.39 is 16.1 Å². The van der Waals surface area contributed by atoms with E-state index in [4.69, 9.17) is 5.26 Å². The molecule has 1 aliphatic heterocycles. The number of nitriles is 1. The molecule has 3 aromatic rings. The van der Waals surface area contributed by atoms with Crippen LogP contribution in [-0.2, 0) is 10.0 Å². The van der Waals surface area contributed by atoms with Crippen molar-refractivity contribution in [2.75, 3.05) is 31.5 Å². The number of nitrogens with one attached hydrogen (secondary N) is 3. The van der Waals surface area contributed by atoms with Crippen molar-refractivity contribution in [3.8, 4) is 6.07 Å². The van der Waals surface area contributed by atoms with Crippen LogP contribution in [0.5, 0.6) is 0 Å². The summed E-state index contributed by atoms with van der Waals surface area (Å²) in [6, 6.07) is 22.5. The average Bonchev–Trinajstić information content (AvgIpc) is 2.97. The van der Waals surface area contributed by atoms with Crippen molar-refractivity contribution < 1.29 is 18.0 Å². The fourth-order valence-electron chi connectivity index (χ4n) is 4.53. The van der Waals surface area contributed by atoms with Crippen molar-refractivity contribution in [3.63, 3.8) is 0 Å².